The van der Waals surface area contributed by atoms with Gasteiger partial charge < -0.3 is 4.74 Å². The van der Waals surface area contributed by atoms with Gasteiger partial charge in [0.05, 0.1) is 5.02 Å². The van der Waals surface area contributed by atoms with Gasteiger partial charge in [-0.1, -0.05) is 23.2 Å². The molecule has 0 bridgehead atoms. The summed E-state index contributed by atoms with van der Waals surface area (Å²) in [5.74, 6) is 0.685. The van der Waals surface area contributed by atoms with Gasteiger partial charge in [-0.05, 0) is 12.1 Å². The molecule has 0 spiro atoms. The second-order valence-electron chi connectivity index (χ2n) is 2.95. The van der Waals surface area contributed by atoms with Gasteiger partial charge >= 0.3 is 0 Å². The molecule has 0 aliphatic carbocycles. The van der Waals surface area contributed by atoms with Gasteiger partial charge in [0.1, 0.15) is 5.75 Å². The zero-order valence-electron chi connectivity index (χ0n) is 6.46. The number of ether oxygens (including phenoxy) is 1. The van der Waals surface area contributed by atoms with Crippen LogP contribution in [-0.2, 0) is 4.84 Å². The number of fused-ring (bicyclic) bond motifs is 3. The third-order valence-electron chi connectivity index (χ3n) is 2.09. The van der Waals surface area contributed by atoms with E-state index in [0.717, 1.165) is 5.56 Å². The van der Waals surface area contributed by atoms with Crippen LogP contribution in [-0.4, -0.2) is 11.8 Å². The first kappa shape index (κ1) is 7.88. The molecule has 2 atom stereocenters. The fraction of sp³-hybridized carbons (Fsp3) is 0.250. The Hall–Kier alpha value is -0.480. The van der Waals surface area contributed by atoms with E-state index in [4.69, 9.17) is 32.8 Å². The number of benzene rings is 1. The molecule has 0 aromatic heterocycles. The van der Waals surface area contributed by atoms with Crippen molar-refractivity contribution in [2.75, 3.05) is 6.73 Å². The maximum absolute atomic E-state index is 5.95. The van der Waals surface area contributed by atoms with Crippen LogP contribution in [0, 0.1) is 0 Å². The standard InChI is InChI=1S/C8H5Cl2NO2/c9-4-1-5-7(6(10)2-4)12-3-11-8(5)13-11/h1-2,8H,3H2. The minimum absolute atomic E-state index is 0.0139. The fourth-order valence-electron chi connectivity index (χ4n) is 1.46. The summed E-state index contributed by atoms with van der Waals surface area (Å²) in [6, 6.07) is 3.48. The summed E-state index contributed by atoms with van der Waals surface area (Å²) in [6.45, 7) is 0.430. The van der Waals surface area contributed by atoms with Crippen molar-refractivity contribution in [3.05, 3.63) is 27.7 Å². The van der Waals surface area contributed by atoms with Crippen LogP contribution in [0.15, 0.2) is 12.1 Å². The summed E-state index contributed by atoms with van der Waals surface area (Å²) in [7, 11) is 0. The fourth-order valence-corrected chi connectivity index (χ4v) is 2.02. The summed E-state index contributed by atoms with van der Waals surface area (Å²) in [6.07, 6.45) is -0.0139. The molecule has 3 nitrogen and oxygen atoms in total. The van der Waals surface area contributed by atoms with Gasteiger partial charge in [0.2, 0.25) is 0 Å². The van der Waals surface area contributed by atoms with Crippen molar-refractivity contribution in [2.45, 2.75) is 6.23 Å². The third kappa shape index (κ3) is 1.12. The Kier molecular flexibility index (Phi) is 1.52. The Bertz CT molecular complexity index is 383. The van der Waals surface area contributed by atoms with E-state index >= 15 is 0 Å². The van der Waals surface area contributed by atoms with Crippen LogP contribution in [0.5, 0.6) is 5.75 Å². The average Bonchev–Trinajstić information content (AvgIpc) is 2.82. The molecule has 3 rings (SSSR count). The molecule has 1 fully saturated rings. The maximum Gasteiger partial charge on any atom is 0.187 e. The number of halogens is 2. The number of hydrogen-bond acceptors (Lipinski definition) is 3. The molecule has 0 N–H and O–H groups in total. The highest BCUT2D eigenvalue weighted by atomic mass is 35.5. The lowest BCUT2D eigenvalue weighted by molar-refractivity contribution is 0.0984. The Morgan fingerprint density at radius 2 is 2.23 bits per heavy atom. The summed E-state index contributed by atoms with van der Waals surface area (Å²) < 4.78 is 5.37. The Labute approximate surface area is 84.7 Å². The highest BCUT2D eigenvalue weighted by Crippen LogP contribution is 2.48. The zero-order chi connectivity index (χ0) is 9.00. The lowest BCUT2D eigenvalue weighted by atomic mass is 10.2. The van der Waals surface area contributed by atoms with E-state index in [1.54, 1.807) is 11.1 Å². The van der Waals surface area contributed by atoms with Crippen molar-refractivity contribution in [3.63, 3.8) is 0 Å². The molecule has 2 unspecified atom stereocenters. The molecule has 0 amide bonds. The molecule has 68 valence electrons. The van der Waals surface area contributed by atoms with Crippen molar-refractivity contribution in [3.8, 4) is 5.75 Å². The second-order valence-corrected chi connectivity index (χ2v) is 3.80. The Morgan fingerprint density at radius 3 is 3.08 bits per heavy atom. The van der Waals surface area contributed by atoms with E-state index in [-0.39, 0.29) is 6.23 Å². The average molecular weight is 218 g/mol. The van der Waals surface area contributed by atoms with Crippen LogP contribution in [0.3, 0.4) is 0 Å². The van der Waals surface area contributed by atoms with Gasteiger partial charge in [-0.25, -0.2) is 0 Å². The van der Waals surface area contributed by atoms with Crippen LogP contribution < -0.4 is 4.74 Å². The Morgan fingerprint density at radius 1 is 1.38 bits per heavy atom. The summed E-state index contributed by atoms with van der Waals surface area (Å²) in [5, 5.41) is 2.86. The second kappa shape index (κ2) is 2.51. The zero-order valence-corrected chi connectivity index (χ0v) is 7.97. The van der Waals surface area contributed by atoms with Gasteiger partial charge in [-0.15, -0.1) is 5.06 Å². The van der Waals surface area contributed by atoms with Crippen molar-refractivity contribution in [1.82, 2.24) is 5.06 Å². The van der Waals surface area contributed by atoms with Crippen LogP contribution in [0.1, 0.15) is 11.8 Å². The van der Waals surface area contributed by atoms with Crippen molar-refractivity contribution >= 4 is 23.2 Å². The molecular formula is C8H5Cl2NO2. The Balaban J connectivity index is 2.19. The maximum atomic E-state index is 5.95. The summed E-state index contributed by atoms with van der Waals surface area (Å²) >= 11 is 11.8. The molecule has 0 radical (unpaired) electrons. The first-order valence-corrected chi connectivity index (χ1v) is 4.56. The van der Waals surface area contributed by atoms with E-state index in [1.807, 2.05) is 6.07 Å². The third-order valence-corrected chi connectivity index (χ3v) is 2.59. The molecule has 5 heteroatoms. The molecule has 1 aromatic rings. The molecular weight excluding hydrogens is 213 g/mol. The number of rotatable bonds is 0. The number of hydrogen-bond donors (Lipinski definition) is 0. The van der Waals surface area contributed by atoms with E-state index in [0.29, 0.717) is 22.5 Å². The molecule has 2 aliphatic rings. The largest absolute Gasteiger partial charge is 0.474 e. The lowest BCUT2D eigenvalue weighted by Gasteiger charge is -2.15. The van der Waals surface area contributed by atoms with Gasteiger partial charge in [0, 0.05) is 10.6 Å². The molecule has 2 heterocycles. The van der Waals surface area contributed by atoms with Crippen LogP contribution in [0.4, 0.5) is 0 Å². The predicted molar refractivity (Wildman–Crippen MR) is 47.6 cm³/mol. The molecule has 1 saturated heterocycles. The summed E-state index contributed by atoms with van der Waals surface area (Å²) in [5.41, 5.74) is 0.906. The van der Waals surface area contributed by atoms with Gasteiger partial charge in [-0.3, -0.25) is 4.84 Å². The molecule has 13 heavy (non-hydrogen) atoms. The first-order chi connectivity index (χ1) is 6.25. The van der Waals surface area contributed by atoms with Crippen molar-refractivity contribution in [1.29, 1.82) is 0 Å². The SMILES string of the molecule is Clc1cc(Cl)c2c(c1)C1ON1CO2. The van der Waals surface area contributed by atoms with E-state index in [9.17, 15) is 0 Å². The quantitative estimate of drug-likeness (QED) is 0.625. The number of nitrogens with zero attached hydrogens (tertiary/aromatic N) is 1. The van der Waals surface area contributed by atoms with E-state index in [1.165, 1.54) is 0 Å². The van der Waals surface area contributed by atoms with E-state index in [2.05, 4.69) is 0 Å². The van der Waals surface area contributed by atoms with Crippen molar-refractivity contribution < 1.29 is 9.57 Å². The minimum Gasteiger partial charge on any atom is -0.474 e. The monoisotopic (exact) mass is 217 g/mol. The number of hydroxylamine groups is 2. The van der Waals surface area contributed by atoms with Crippen LogP contribution in [0.25, 0.3) is 0 Å². The molecule has 1 aromatic carbocycles. The molecule has 2 aliphatic heterocycles. The smallest absolute Gasteiger partial charge is 0.187 e. The van der Waals surface area contributed by atoms with Gasteiger partial charge in [-0.2, -0.15) is 0 Å². The predicted octanol–water partition coefficient (Wildman–Crippen LogP) is 2.59. The minimum atomic E-state index is -0.0139. The van der Waals surface area contributed by atoms with Crippen LogP contribution >= 0.6 is 23.2 Å². The highest BCUT2D eigenvalue weighted by Gasteiger charge is 2.44. The van der Waals surface area contributed by atoms with E-state index < -0.39 is 0 Å². The van der Waals surface area contributed by atoms with Gasteiger partial charge in [0.15, 0.2) is 13.0 Å². The summed E-state index contributed by atoms with van der Waals surface area (Å²) in [4.78, 5) is 5.21. The molecule has 0 saturated carbocycles. The highest BCUT2D eigenvalue weighted by molar-refractivity contribution is 6.35. The van der Waals surface area contributed by atoms with Crippen molar-refractivity contribution in [2.24, 2.45) is 0 Å². The normalized spacial score (nSPS) is 28.8. The first-order valence-electron chi connectivity index (χ1n) is 3.81. The topological polar surface area (TPSA) is 24.8 Å². The lowest BCUT2D eigenvalue weighted by Crippen LogP contribution is -2.14. The van der Waals surface area contributed by atoms with Gasteiger partial charge in [0.25, 0.3) is 0 Å². The van der Waals surface area contributed by atoms with Crippen LogP contribution in [0.2, 0.25) is 10.0 Å².